The van der Waals surface area contributed by atoms with E-state index in [4.69, 9.17) is 21.1 Å². The van der Waals surface area contributed by atoms with Crippen LogP contribution in [-0.4, -0.2) is 49.5 Å². The molecule has 2 aliphatic rings. The molecule has 11 heteroatoms. The largest absolute Gasteiger partial charge is 0.486 e. The van der Waals surface area contributed by atoms with E-state index in [0.717, 1.165) is 10.2 Å². The summed E-state index contributed by atoms with van der Waals surface area (Å²) in [6, 6.07) is 10.0. The number of fused-ring (bicyclic) bond motifs is 2. The minimum absolute atomic E-state index is 0.205. The molecular weight excluding hydrogens is 498 g/mol. The second-order valence-electron chi connectivity index (χ2n) is 8.17. The van der Waals surface area contributed by atoms with Gasteiger partial charge in [0.1, 0.15) is 13.2 Å². The monoisotopic (exact) mass is 521 g/mol. The van der Waals surface area contributed by atoms with Gasteiger partial charge in [0.05, 0.1) is 15.1 Å². The lowest BCUT2D eigenvalue weighted by Gasteiger charge is -2.29. The second kappa shape index (κ2) is 9.33. The van der Waals surface area contributed by atoms with Crippen LogP contribution in [0.25, 0.3) is 10.2 Å². The summed E-state index contributed by atoms with van der Waals surface area (Å²) < 4.78 is 41.6. The summed E-state index contributed by atoms with van der Waals surface area (Å²) in [7, 11) is -3.62. The Morgan fingerprint density at radius 3 is 2.41 bits per heavy atom. The number of amides is 1. The normalized spacial score (nSPS) is 17.9. The number of ether oxygens (including phenoxy) is 2. The predicted molar refractivity (Wildman–Crippen MR) is 130 cm³/mol. The molecule has 5 rings (SSSR count). The van der Waals surface area contributed by atoms with Crippen LogP contribution in [0.15, 0.2) is 46.3 Å². The Bertz CT molecular complexity index is 1400. The molecule has 2 aliphatic heterocycles. The molecule has 0 bridgehead atoms. The van der Waals surface area contributed by atoms with Crippen molar-refractivity contribution in [3.8, 4) is 11.5 Å². The highest BCUT2D eigenvalue weighted by Gasteiger charge is 2.32. The van der Waals surface area contributed by atoms with E-state index < -0.39 is 10.0 Å². The highest BCUT2D eigenvalue weighted by molar-refractivity contribution is 7.89. The average Bonchev–Trinajstić information content (AvgIpc) is 3.18. The van der Waals surface area contributed by atoms with Gasteiger partial charge in [0.25, 0.3) is 5.91 Å². The van der Waals surface area contributed by atoms with Crippen LogP contribution in [0, 0.1) is 5.92 Å². The van der Waals surface area contributed by atoms with Crippen LogP contribution in [0.2, 0.25) is 5.02 Å². The molecule has 0 saturated carbocycles. The quantitative estimate of drug-likeness (QED) is 0.522. The first-order chi connectivity index (χ1) is 16.4. The number of aryl methyl sites for hydroxylation is 1. The number of hydrogen-bond acceptors (Lipinski definition) is 6. The second-order valence-corrected chi connectivity index (χ2v) is 11.6. The number of piperidine rings is 1. The molecule has 1 fully saturated rings. The molecule has 1 amide bonds. The summed E-state index contributed by atoms with van der Waals surface area (Å²) in [6.45, 7) is 4.24. The standard InChI is InChI=1S/C23H24ClN3O5S2/c1-2-27-18-13-19-20(32-12-11-31-19)14-21(18)33-23(27)25-22(28)15-7-9-26(10-8-15)34(29,30)17-5-3-16(24)4-6-17/h3-6,13-15H,2,7-12H2,1H3. The molecule has 2 aromatic carbocycles. The molecule has 180 valence electrons. The third-order valence-electron chi connectivity index (χ3n) is 6.12. The van der Waals surface area contributed by atoms with E-state index in [1.807, 2.05) is 23.6 Å². The van der Waals surface area contributed by atoms with Gasteiger partial charge in [-0.1, -0.05) is 22.9 Å². The van der Waals surface area contributed by atoms with Crippen molar-refractivity contribution in [1.29, 1.82) is 0 Å². The van der Waals surface area contributed by atoms with Crippen molar-refractivity contribution in [1.82, 2.24) is 8.87 Å². The number of hydrogen-bond donors (Lipinski definition) is 0. The fourth-order valence-electron chi connectivity index (χ4n) is 4.28. The van der Waals surface area contributed by atoms with Crippen molar-refractivity contribution < 1.29 is 22.7 Å². The van der Waals surface area contributed by atoms with E-state index >= 15 is 0 Å². The average molecular weight is 522 g/mol. The molecule has 0 aliphatic carbocycles. The Morgan fingerprint density at radius 1 is 1.12 bits per heavy atom. The SMILES string of the molecule is CCn1c(=NC(=O)C2CCN(S(=O)(=O)c3ccc(Cl)cc3)CC2)sc2cc3c(cc21)OCCO3. The molecule has 0 N–H and O–H groups in total. The zero-order valence-electron chi connectivity index (χ0n) is 18.6. The minimum Gasteiger partial charge on any atom is -0.486 e. The first kappa shape index (κ1) is 23.3. The highest BCUT2D eigenvalue weighted by Crippen LogP contribution is 2.35. The third-order valence-corrected chi connectivity index (χ3v) is 9.33. The number of thiazole rings is 1. The Morgan fingerprint density at radius 2 is 1.76 bits per heavy atom. The summed E-state index contributed by atoms with van der Waals surface area (Å²) >= 11 is 7.32. The van der Waals surface area contributed by atoms with Crippen LogP contribution in [0.1, 0.15) is 19.8 Å². The molecule has 1 aromatic heterocycles. The van der Waals surface area contributed by atoms with Crippen molar-refractivity contribution in [3.05, 3.63) is 46.2 Å². The number of carbonyl (C=O) groups is 1. The van der Waals surface area contributed by atoms with Gasteiger partial charge in [-0.15, -0.1) is 0 Å². The first-order valence-corrected chi connectivity index (χ1v) is 13.8. The fourth-order valence-corrected chi connectivity index (χ4v) is 6.99. The molecule has 0 spiro atoms. The van der Waals surface area contributed by atoms with Gasteiger partial charge in [0.15, 0.2) is 16.3 Å². The molecule has 3 aromatic rings. The Labute approximate surface area is 206 Å². The number of benzene rings is 2. The van der Waals surface area contributed by atoms with Crippen LogP contribution in [-0.2, 0) is 21.4 Å². The molecule has 0 atom stereocenters. The number of halogens is 1. The number of carbonyl (C=O) groups excluding carboxylic acids is 1. The van der Waals surface area contributed by atoms with E-state index in [-0.39, 0.29) is 29.8 Å². The van der Waals surface area contributed by atoms with Gasteiger partial charge in [-0.3, -0.25) is 4.79 Å². The van der Waals surface area contributed by atoms with Crippen molar-refractivity contribution in [2.45, 2.75) is 31.2 Å². The van der Waals surface area contributed by atoms with E-state index in [1.54, 1.807) is 12.1 Å². The van der Waals surface area contributed by atoms with Gasteiger partial charge in [-0.05, 0) is 44.0 Å². The number of rotatable bonds is 4. The first-order valence-electron chi connectivity index (χ1n) is 11.1. The van der Waals surface area contributed by atoms with Crippen molar-refractivity contribution in [2.75, 3.05) is 26.3 Å². The smallest absolute Gasteiger partial charge is 0.251 e. The zero-order valence-corrected chi connectivity index (χ0v) is 21.0. The Balaban J connectivity index is 1.35. The van der Waals surface area contributed by atoms with E-state index in [0.29, 0.717) is 53.9 Å². The molecule has 8 nitrogen and oxygen atoms in total. The van der Waals surface area contributed by atoms with Gasteiger partial charge < -0.3 is 14.0 Å². The molecular formula is C23H24ClN3O5S2. The van der Waals surface area contributed by atoms with Crippen LogP contribution < -0.4 is 14.3 Å². The molecule has 1 saturated heterocycles. The van der Waals surface area contributed by atoms with Crippen LogP contribution in [0.5, 0.6) is 11.5 Å². The van der Waals surface area contributed by atoms with Crippen LogP contribution in [0.4, 0.5) is 0 Å². The van der Waals surface area contributed by atoms with Gasteiger partial charge in [-0.2, -0.15) is 9.30 Å². The van der Waals surface area contributed by atoms with Crippen molar-refractivity contribution in [2.24, 2.45) is 10.9 Å². The van der Waals surface area contributed by atoms with Gasteiger partial charge in [0, 0.05) is 42.7 Å². The molecule has 34 heavy (non-hydrogen) atoms. The summed E-state index contributed by atoms with van der Waals surface area (Å²) in [5.74, 6) is 0.878. The minimum atomic E-state index is -3.62. The van der Waals surface area contributed by atoms with Gasteiger partial charge in [0.2, 0.25) is 10.0 Å². The van der Waals surface area contributed by atoms with Crippen molar-refractivity contribution in [3.63, 3.8) is 0 Å². The zero-order chi connectivity index (χ0) is 23.9. The number of aromatic nitrogens is 1. The van der Waals surface area contributed by atoms with E-state index in [2.05, 4.69) is 4.99 Å². The van der Waals surface area contributed by atoms with Gasteiger partial charge >= 0.3 is 0 Å². The molecule has 0 unspecified atom stereocenters. The Hall–Kier alpha value is -2.40. The highest BCUT2D eigenvalue weighted by atomic mass is 35.5. The molecule has 3 heterocycles. The van der Waals surface area contributed by atoms with Crippen molar-refractivity contribution >= 4 is 49.1 Å². The summed E-state index contributed by atoms with van der Waals surface area (Å²) in [5, 5.41) is 0.482. The lowest BCUT2D eigenvalue weighted by atomic mass is 9.98. The van der Waals surface area contributed by atoms with E-state index in [1.165, 1.54) is 27.8 Å². The Kier molecular flexibility index (Phi) is 6.41. The maximum Gasteiger partial charge on any atom is 0.251 e. The summed E-state index contributed by atoms with van der Waals surface area (Å²) in [6.07, 6.45) is 0.865. The molecule has 0 radical (unpaired) electrons. The van der Waals surface area contributed by atoms with Crippen LogP contribution in [0.3, 0.4) is 0 Å². The maximum absolute atomic E-state index is 13.0. The fraction of sp³-hybridized carbons (Fsp3) is 0.391. The summed E-state index contributed by atoms with van der Waals surface area (Å²) in [5.41, 5.74) is 0.951. The third kappa shape index (κ3) is 4.35. The lowest BCUT2D eigenvalue weighted by Crippen LogP contribution is -2.40. The maximum atomic E-state index is 13.0. The number of nitrogens with zero attached hydrogens (tertiary/aromatic N) is 3. The predicted octanol–water partition coefficient (Wildman–Crippen LogP) is 3.68. The lowest BCUT2D eigenvalue weighted by molar-refractivity contribution is -0.122. The summed E-state index contributed by atoms with van der Waals surface area (Å²) in [4.78, 5) is 18.3. The topological polar surface area (TPSA) is 90.2 Å². The van der Waals surface area contributed by atoms with E-state index in [9.17, 15) is 13.2 Å². The van der Waals surface area contributed by atoms with Gasteiger partial charge in [-0.25, -0.2) is 8.42 Å². The number of sulfonamides is 1. The van der Waals surface area contributed by atoms with Crippen LogP contribution >= 0.6 is 22.9 Å².